The van der Waals surface area contributed by atoms with Crippen LogP contribution in [-0.4, -0.2) is 24.7 Å². The Morgan fingerprint density at radius 2 is 2.39 bits per heavy atom. The highest BCUT2D eigenvalue weighted by atomic mass is 79.9. The van der Waals surface area contributed by atoms with E-state index in [9.17, 15) is 0 Å². The molecule has 2 rings (SSSR count). The van der Waals surface area contributed by atoms with Crippen molar-refractivity contribution in [2.24, 2.45) is 5.92 Å². The van der Waals surface area contributed by atoms with Gasteiger partial charge in [-0.2, -0.15) is 0 Å². The van der Waals surface area contributed by atoms with Crippen LogP contribution < -0.4 is 5.32 Å². The Hall–Kier alpha value is 0.0300. The Labute approximate surface area is 125 Å². The molecular weight excluding hydrogens is 360 g/mol. The summed E-state index contributed by atoms with van der Waals surface area (Å²) in [5, 5.41) is 3.60. The molecule has 18 heavy (non-hydrogen) atoms. The van der Waals surface area contributed by atoms with Gasteiger partial charge in [-0.25, -0.2) is 0 Å². The molecule has 1 fully saturated rings. The summed E-state index contributed by atoms with van der Waals surface area (Å²) in [5.41, 5.74) is 1.09. The summed E-state index contributed by atoms with van der Waals surface area (Å²) < 4.78 is 7.56. The SMILES string of the molecule is CCCNC(c1ncc(Br)cc1Br)C1CCOC1. The lowest BCUT2D eigenvalue weighted by Crippen LogP contribution is -2.30. The van der Waals surface area contributed by atoms with Crippen LogP contribution in [0.5, 0.6) is 0 Å². The van der Waals surface area contributed by atoms with Gasteiger partial charge in [0, 0.05) is 27.7 Å². The molecule has 3 nitrogen and oxygen atoms in total. The molecule has 1 aromatic heterocycles. The zero-order valence-corrected chi connectivity index (χ0v) is 13.6. The molecule has 1 aliphatic rings. The Kier molecular flexibility index (Phi) is 5.60. The average Bonchev–Trinajstić information content (AvgIpc) is 2.85. The summed E-state index contributed by atoms with van der Waals surface area (Å²) in [6, 6.07) is 2.33. The number of nitrogens with one attached hydrogen (secondary N) is 1. The minimum Gasteiger partial charge on any atom is -0.381 e. The molecule has 2 heterocycles. The van der Waals surface area contributed by atoms with Gasteiger partial charge < -0.3 is 10.1 Å². The predicted octanol–water partition coefficient (Wildman–Crippen LogP) is 3.68. The summed E-state index contributed by atoms with van der Waals surface area (Å²) in [5.74, 6) is 0.515. The van der Waals surface area contributed by atoms with Crippen molar-refractivity contribution in [3.05, 3.63) is 26.9 Å². The maximum atomic E-state index is 5.51. The molecule has 1 aliphatic heterocycles. The van der Waals surface area contributed by atoms with Crippen LogP contribution in [-0.2, 0) is 4.74 Å². The standard InChI is InChI=1S/C13H18Br2N2O/c1-2-4-16-12(9-3-5-18-8-9)13-11(15)6-10(14)7-17-13/h6-7,9,12,16H,2-5,8H2,1H3. The highest BCUT2D eigenvalue weighted by Gasteiger charge is 2.28. The lowest BCUT2D eigenvalue weighted by molar-refractivity contribution is 0.176. The van der Waals surface area contributed by atoms with Gasteiger partial charge in [-0.3, -0.25) is 4.98 Å². The number of pyridine rings is 1. The second kappa shape index (κ2) is 6.98. The molecule has 2 unspecified atom stereocenters. The highest BCUT2D eigenvalue weighted by Crippen LogP contribution is 2.32. The van der Waals surface area contributed by atoms with Crippen molar-refractivity contribution in [3.8, 4) is 0 Å². The molecule has 0 spiro atoms. The van der Waals surface area contributed by atoms with Crippen LogP contribution in [0, 0.1) is 5.92 Å². The monoisotopic (exact) mass is 376 g/mol. The number of hydrogen-bond acceptors (Lipinski definition) is 3. The van der Waals surface area contributed by atoms with E-state index in [0.29, 0.717) is 5.92 Å². The van der Waals surface area contributed by atoms with Crippen molar-refractivity contribution in [1.29, 1.82) is 0 Å². The summed E-state index contributed by atoms with van der Waals surface area (Å²) in [7, 11) is 0. The zero-order chi connectivity index (χ0) is 13.0. The number of nitrogens with zero attached hydrogens (tertiary/aromatic N) is 1. The molecule has 0 bridgehead atoms. The molecule has 1 N–H and O–H groups in total. The van der Waals surface area contributed by atoms with Crippen LogP contribution in [0.4, 0.5) is 0 Å². The molecule has 0 saturated carbocycles. The number of aromatic nitrogens is 1. The number of rotatable bonds is 5. The fourth-order valence-corrected chi connectivity index (χ4v) is 3.49. The molecule has 5 heteroatoms. The minimum absolute atomic E-state index is 0.273. The second-order valence-corrected chi connectivity index (χ2v) is 6.35. The van der Waals surface area contributed by atoms with Crippen LogP contribution in [0.1, 0.15) is 31.5 Å². The molecule has 1 saturated heterocycles. The smallest absolute Gasteiger partial charge is 0.0719 e. The normalized spacial score (nSPS) is 21.2. The minimum atomic E-state index is 0.273. The van der Waals surface area contributed by atoms with Crippen molar-refractivity contribution in [2.45, 2.75) is 25.8 Å². The number of halogens is 2. The van der Waals surface area contributed by atoms with E-state index < -0.39 is 0 Å². The Balaban J connectivity index is 2.20. The Bertz CT molecular complexity index is 395. The van der Waals surface area contributed by atoms with Crippen molar-refractivity contribution < 1.29 is 4.74 Å². The van der Waals surface area contributed by atoms with Crippen LogP contribution in [0.25, 0.3) is 0 Å². The molecular formula is C13H18Br2N2O. The van der Waals surface area contributed by atoms with E-state index >= 15 is 0 Å². The number of ether oxygens (including phenoxy) is 1. The molecule has 100 valence electrons. The van der Waals surface area contributed by atoms with E-state index in [1.807, 2.05) is 6.20 Å². The third kappa shape index (κ3) is 3.53. The van der Waals surface area contributed by atoms with Gasteiger partial charge in [-0.05, 0) is 57.3 Å². The van der Waals surface area contributed by atoms with Crippen molar-refractivity contribution >= 4 is 31.9 Å². The third-order valence-corrected chi connectivity index (χ3v) is 4.25. The van der Waals surface area contributed by atoms with Gasteiger partial charge in [0.1, 0.15) is 0 Å². The van der Waals surface area contributed by atoms with E-state index in [4.69, 9.17) is 4.74 Å². The molecule has 0 amide bonds. The molecule has 0 aromatic carbocycles. The van der Waals surface area contributed by atoms with Gasteiger partial charge in [0.25, 0.3) is 0 Å². The summed E-state index contributed by atoms with van der Waals surface area (Å²) in [6.07, 6.45) is 4.08. The lowest BCUT2D eigenvalue weighted by Gasteiger charge is -2.24. The van der Waals surface area contributed by atoms with E-state index in [0.717, 1.165) is 47.2 Å². The van der Waals surface area contributed by atoms with E-state index in [1.54, 1.807) is 0 Å². The first-order valence-electron chi connectivity index (χ1n) is 6.34. The largest absolute Gasteiger partial charge is 0.381 e. The van der Waals surface area contributed by atoms with Gasteiger partial charge >= 0.3 is 0 Å². The van der Waals surface area contributed by atoms with Gasteiger partial charge in [0.05, 0.1) is 18.3 Å². The first kappa shape index (κ1) is 14.4. The topological polar surface area (TPSA) is 34.2 Å². The predicted molar refractivity (Wildman–Crippen MR) is 79.6 cm³/mol. The Morgan fingerprint density at radius 3 is 3.00 bits per heavy atom. The maximum absolute atomic E-state index is 5.51. The van der Waals surface area contributed by atoms with E-state index in [2.05, 4.69) is 55.2 Å². The van der Waals surface area contributed by atoms with Crippen molar-refractivity contribution in [3.63, 3.8) is 0 Å². The van der Waals surface area contributed by atoms with Gasteiger partial charge in [-0.1, -0.05) is 6.92 Å². The number of hydrogen-bond donors (Lipinski definition) is 1. The fourth-order valence-electron chi connectivity index (χ4n) is 2.26. The van der Waals surface area contributed by atoms with Crippen molar-refractivity contribution in [2.75, 3.05) is 19.8 Å². The van der Waals surface area contributed by atoms with E-state index in [-0.39, 0.29) is 6.04 Å². The fraction of sp³-hybridized carbons (Fsp3) is 0.615. The Morgan fingerprint density at radius 1 is 1.56 bits per heavy atom. The lowest BCUT2D eigenvalue weighted by atomic mass is 9.95. The first-order valence-corrected chi connectivity index (χ1v) is 7.93. The molecule has 0 aliphatic carbocycles. The van der Waals surface area contributed by atoms with Crippen LogP contribution in [0.2, 0.25) is 0 Å². The second-order valence-electron chi connectivity index (χ2n) is 4.58. The highest BCUT2D eigenvalue weighted by molar-refractivity contribution is 9.11. The summed E-state index contributed by atoms with van der Waals surface area (Å²) in [4.78, 5) is 4.56. The third-order valence-electron chi connectivity index (χ3n) is 3.18. The molecule has 2 atom stereocenters. The summed E-state index contributed by atoms with van der Waals surface area (Å²) >= 11 is 7.06. The zero-order valence-electron chi connectivity index (χ0n) is 10.5. The van der Waals surface area contributed by atoms with Gasteiger partial charge in [0.15, 0.2) is 0 Å². The molecule has 1 aromatic rings. The van der Waals surface area contributed by atoms with Gasteiger partial charge in [-0.15, -0.1) is 0 Å². The van der Waals surface area contributed by atoms with Gasteiger partial charge in [0.2, 0.25) is 0 Å². The van der Waals surface area contributed by atoms with Crippen LogP contribution in [0.15, 0.2) is 21.2 Å². The average molecular weight is 378 g/mol. The quantitative estimate of drug-likeness (QED) is 0.849. The summed E-state index contributed by atoms with van der Waals surface area (Å²) in [6.45, 7) is 4.87. The van der Waals surface area contributed by atoms with E-state index in [1.165, 1.54) is 0 Å². The van der Waals surface area contributed by atoms with Crippen LogP contribution in [0.3, 0.4) is 0 Å². The molecule has 0 radical (unpaired) electrons. The van der Waals surface area contributed by atoms with Crippen LogP contribution >= 0.6 is 31.9 Å². The first-order chi connectivity index (χ1) is 8.72. The maximum Gasteiger partial charge on any atom is 0.0719 e. The van der Waals surface area contributed by atoms with Crippen molar-refractivity contribution in [1.82, 2.24) is 10.3 Å².